The number of benzene rings is 9. The first-order chi connectivity index (χ1) is 28.7. The van der Waals surface area contributed by atoms with Crippen LogP contribution in [0.15, 0.2) is 212 Å². The second-order valence-electron chi connectivity index (χ2n) is 14.7. The Morgan fingerprint density at radius 2 is 0.672 bits per heavy atom. The van der Waals surface area contributed by atoms with Crippen molar-refractivity contribution in [3.05, 3.63) is 212 Å². The molecule has 0 radical (unpaired) electrons. The average Bonchev–Trinajstić information content (AvgIpc) is 3.31. The molecule has 0 aliphatic rings. The molecule has 0 unspecified atom stereocenters. The molecule has 270 valence electrons. The molecule has 0 atom stereocenters. The monoisotopic (exact) mass is 737 g/mol. The molecule has 11 aromatic rings. The summed E-state index contributed by atoms with van der Waals surface area (Å²) in [6.45, 7) is 0. The van der Waals surface area contributed by atoms with Crippen molar-refractivity contribution >= 4 is 43.2 Å². The highest BCUT2D eigenvalue weighted by Crippen LogP contribution is 2.43. The second-order valence-corrected chi connectivity index (χ2v) is 14.7. The largest absolute Gasteiger partial charge is 0.247 e. The number of aromatic nitrogens is 3. The summed E-state index contributed by atoms with van der Waals surface area (Å²) >= 11 is 0. The smallest absolute Gasteiger partial charge is 0.160 e. The summed E-state index contributed by atoms with van der Waals surface area (Å²) in [4.78, 5) is 15.7. The van der Waals surface area contributed by atoms with Gasteiger partial charge in [-0.15, -0.1) is 0 Å². The van der Waals surface area contributed by atoms with Crippen LogP contribution in [0.5, 0.6) is 0 Å². The zero-order chi connectivity index (χ0) is 38.4. The van der Waals surface area contributed by atoms with Crippen molar-refractivity contribution in [2.45, 2.75) is 0 Å². The van der Waals surface area contributed by atoms with E-state index in [9.17, 15) is 0 Å². The first-order valence-corrected chi connectivity index (χ1v) is 19.7. The van der Waals surface area contributed by atoms with Gasteiger partial charge >= 0.3 is 0 Å². The Kier molecular flexibility index (Phi) is 8.15. The van der Waals surface area contributed by atoms with Crippen LogP contribution in [0.4, 0.5) is 0 Å². The fraction of sp³-hybridized carbons (Fsp3) is 0. The van der Waals surface area contributed by atoms with Crippen LogP contribution in [0, 0.1) is 0 Å². The predicted octanol–water partition coefficient (Wildman–Crippen LogP) is 14.5. The van der Waals surface area contributed by atoms with E-state index in [2.05, 4.69) is 176 Å². The number of rotatable bonds is 6. The lowest BCUT2D eigenvalue weighted by Crippen LogP contribution is -1.96. The predicted molar refractivity (Wildman–Crippen MR) is 242 cm³/mol. The van der Waals surface area contributed by atoms with E-state index >= 15 is 0 Å². The van der Waals surface area contributed by atoms with E-state index in [0.717, 1.165) is 61.2 Å². The Hall–Kier alpha value is -7.75. The molecule has 3 nitrogen and oxygen atoms in total. The van der Waals surface area contributed by atoms with Gasteiger partial charge in [0.05, 0.1) is 22.6 Å². The topological polar surface area (TPSA) is 38.7 Å². The lowest BCUT2D eigenvalue weighted by Gasteiger charge is -2.17. The molecule has 0 saturated carbocycles. The molecule has 0 amide bonds. The molecule has 0 saturated heterocycles. The quantitative estimate of drug-likeness (QED) is 0.160. The van der Waals surface area contributed by atoms with Gasteiger partial charge in [0.1, 0.15) is 0 Å². The maximum absolute atomic E-state index is 5.52. The third kappa shape index (κ3) is 5.89. The van der Waals surface area contributed by atoms with E-state index in [-0.39, 0.29) is 0 Å². The van der Waals surface area contributed by atoms with Crippen LogP contribution >= 0.6 is 0 Å². The first kappa shape index (κ1) is 33.6. The highest BCUT2D eigenvalue weighted by molar-refractivity contribution is 6.19. The van der Waals surface area contributed by atoms with Gasteiger partial charge in [-0.2, -0.15) is 0 Å². The fourth-order valence-electron chi connectivity index (χ4n) is 8.45. The maximum Gasteiger partial charge on any atom is 0.160 e. The highest BCUT2D eigenvalue weighted by Gasteiger charge is 2.19. The van der Waals surface area contributed by atoms with Crippen molar-refractivity contribution in [2.75, 3.05) is 0 Å². The summed E-state index contributed by atoms with van der Waals surface area (Å²) in [5, 5.41) is 8.31. The van der Waals surface area contributed by atoms with Crippen LogP contribution < -0.4 is 0 Å². The number of nitrogens with zero attached hydrogens (tertiary/aromatic N) is 3. The van der Waals surface area contributed by atoms with E-state index in [1.54, 1.807) is 0 Å². The Morgan fingerprint density at radius 1 is 0.241 bits per heavy atom. The van der Waals surface area contributed by atoms with Gasteiger partial charge in [-0.3, -0.25) is 0 Å². The van der Waals surface area contributed by atoms with Gasteiger partial charge in [0.15, 0.2) is 5.82 Å². The zero-order valence-corrected chi connectivity index (χ0v) is 31.5. The molecule has 0 aliphatic carbocycles. The van der Waals surface area contributed by atoms with Crippen molar-refractivity contribution in [1.29, 1.82) is 0 Å². The van der Waals surface area contributed by atoms with Gasteiger partial charge in [0.2, 0.25) is 0 Å². The Labute approximate surface area is 336 Å². The summed E-state index contributed by atoms with van der Waals surface area (Å²) < 4.78 is 0. The second kappa shape index (κ2) is 14.1. The molecular formula is C55H35N3. The van der Waals surface area contributed by atoms with Crippen LogP contribution in [-0.2, 0) is 0 Å². The minimum absolute atomic E-state index is 0.682. The molecule has 2 heterocycles. The van der Waals surface area contributed by atoms with Gasteiger partial charge in [-0.25, -0.2) is 15.0 Å². The Balaban J connectivity index is 1.12. The fourth-order valence-corrected chi connectivity index (χ4v) is 8.45. The summed E-state index contributed by atoms with van der Waals surface area (Å²) in [7, 11) is 0. The maximum atomic E-state index is 5.52. The normalized spacial score (nSPS) is 11.4. The van der Waals surface area contributed by atoms with Crippen molar-refractivity contribution < 1.29 is 0 Å². The minimum atomic E-state index is 0.682. The van der Waals surface area contributed by atoms with Gasteiger partial charge in [-0.1, -0.05) is 194 Å². The molecule has 2 aromatic heterocycles. The zero-order valence-electron chi connectivity index (χ0n) is 31.5. The molecule has 0 fully saturated rings. The Bertz CT molecular complexity index is 3250. The molecule has 58 heavy (non-hydrogen) atoms. The molecule has 0 spiro atoms. The van der Waals surface area contributed by atoms with E-state index in [1.807, 2.05) is 36.4 Å². The summed E-state index contributed by atoms with van der Waals surface area (Å²) in [5.74, 6) is 0.682. The number of hydrogen-bond donors (Lipinski definition) is 0. The third-order valence-corrected chi connectivity index (χ3v) is 11.3. The van der Waals surface area contributed by atoms with Crippen molar-refractivity contribution in [3.8, 4) is 67.4 Å². The molecular weight excluding hydrogens is 703 g/mol. The van der Waals surface area contributed by atoms with Crippen molar-refractivity contribution in [2.24, 2.45) is 0 Å². The van der Waals surface area contributed by atoms with Crippen LogP contribution in [0.3, 0.4) is 0 Å². The lowest BCUT2D eigenvalue weighted by atomic mass is 9.88. The minimum Gasteiger partial charge on any atom is -0.247 e. The average molecular weight is 738 g/mol. The van der Waals surface area contributed by atoms with E-state index < -0.39 is 0 Å². The van der Waals surface area contributed by atoms with Crippen LogP contribution in [0.1, 0.15) is 0 Å². The molecule has 0 aliphatic heterocycles. The third-order valence-electron chi connectivity index (χ3n) is 11.3. The molecule has 11 rings (SSSR count). The summed E-state index contributed by atoms with van der Waals surface area (Å²) in [6.07, 6.45) is 0. The van der Waals surface area contributed by atoms with Crippen LogP contribution in [-0.4, -0.2) is 15.0 Å². The van der Waals surface area contributed by atoms with Crippen LogP contribution in [0.2, 0.25) is 0 Å². The van der Waals surface area contributed by atoms with Crippen molar-refractivity contribution in [3.63, 3.8) is 0 Å². The standard InChI is InChI=1S/C55H35N3/c1-3-17-38(18-4-1)52-35-53(39-19-5-2-6-20-39)58-55(57-52)41-31-29-40(30-32-41)51-34-49(45-28-14-22-37-16-8-10-24-43(37)45)50-33-48(46-25-11-12-26-47(46)54(50)56-51)44-27-13-21-36-15-7-9-23-42(36)44/h1-35H. The molecule has 9 aromatic carbocycles. The molecule has 0 bridgehead atoms. The number of hydrogen-bond acceptors (Lipinski definition) is 3. The Morgan fingerprint density at radius 3 is 1.26 bits per heavy atom. The molecule has 3 heteroatoms. The summed E-state index contributed by atoms with van der Waals surface area (Å²) in [5.41, 5.74) is 12.5. The van der Waals surface area contributed by atoms with Crippen molar-refractivity contribution in [1.82, 2.24) is 15.0 Å². The van der Waals surface area contributed by atoms with E-state index in [4.69, 9.17) is 15.0 Å². The van der Waals surface area contributed by atoms with E-state index in [0.29, 0.717) is 5.82 Å². The van der Waals surface area contributed by atoms with Gasteiger partial charge in [0.25, 0.3) is 0 Å². The number of pyridine rings is 1. The van der Waals surface area contributed by atoms with Crippen LogP contribution in [0.25, 0.3) is 111 Å². The van der Waals surface area contributed by atoms with Gasteiger partial charge in [-0.05, 0) is 67.4 Å². The molecule has 0 N–H and O–H groups in total. The van der Waals surface area contributed by atoms with E-state index in [1.165, 1.54) is 43.6 Å². The summed E-state index contributed by atoms with van der Waals surface area (Å²) in [6, 6.07) is 75.2. The SMILES string of the molecule is c1ccc(-c2cc(-c3ccccc3)nc(-c3ccc(-c4cc(-c5cccc6ccccc56)c5cc(-c6cccc7ccccc67)c6ccccc6c5n4)cc3)n2)cc1. The lowest BCUT2D eigenvalue weighted by molar-refractivity contribution is 1.18. The number of fused-ring (bicyclic) bond motifs is 5. The van der Waals surface area contributed by atoms with Gasteiger partial charge < -0.3 is 0 Å². The van der Waals surface area contributed by atoms with Gasteiger partial charge in [0, 0.05) is 33.0 Å². The first-order valence-electron chi connectivity index (χ1n) is 19.7. The highest BCUT2D eigenvalue weighted by atomic mass is 14.9.